The molecule has 0 atom stereocenters. The fourth-order valence-corrected chi connectivity index (χ4v) is 2.89. The predicted molar refractivity (Wildman–Crippen MR) is 82.8 cm³/mol. The second kappa shape index (κ2) is 8.96. The second-order valence-electron chi connectivity index (χ2n) is 4.83. The summed E-state index contributed by atoms with van der Waals surface area (Å²) in [5.74, 6) is -0.160. The first-order valence-corrected chi connectivity index (χ1v) is 8.30. The number of ether oxygens (including phenoxy) is 2. The zero-order valence-electron chi connectivity index (χ0n) is 12.5. The molecule has 1 aliphatic rings. The highest BCUT2D eigenvalue weighted by Crippen LogP contribution is 2.16. The van der Waals surface area contributed by atoms with E-state index in [2.05, 4.69) is 15.2 Å². The molecule has 6 nitrogen and oxygen atoms in total. The number of aryl methyl sites for hydroxylation is 1. The van der Waals surface area contributed by atoms with Crippen molar-refractivity contribution in [1.82, 2.24) is 9.88 Å². The highest BCUT2D eigenvalue weighted by atomic mass is 32.1. The molecule has 0 aliphatic carbocycles. The van der Waals surface area contributed by atoms with E-state index in [1.807, 2.05) is 12.3 Å². The van der Waals surface area contributed by atoms with Crippen molar-refractivity contribution in [1.29, 1.82) is 0 Å². The third-order valence-corrected chi connectivity index (χ3v) is 4.10. The van der Waals surface area contributed by atoms with Crippen LogP contribution in [0.3, 0.4) is 0 Å². The van der Waals surface area contributed by atoms with Gasteiger partial charge < -0.3 is 14.8 Å². The van der Waals surface area contributed by atoms with Gasteiger partial charge in [-0.1, -0.05) is 0 Å². The lowest BCUT2D eigenvalue weighted by atomic mass is 10.2. The Morgan fingerprint density at radius 2 is 2.33 bits per heavy atom. The van der Waals surface area contributed by atoms with Gasteiger partial charge in [0.2, 0.25) is 0 Å². The van der Waals surface area contributed by atoms with Crippen LogP contribution in [0.5, 0.6) is 0 Å². The second-order valence-corrected chi connectivity index (χ2v) is 5.69. The summed E-state index contributed by atoms with van der Waals surface area (Å²) >= 11 is 1.58. The van der Waals surface area contributed by atoms with Crippen LogP contribution in [0.2, 0.25) is 0 Å². The molecule has 2 rings (SSSR count). The molecule has 0 spiro atoms. The zero-order chi connectivity index (χ0) is 14.9. The third kappa shape index (κ3) is 5.99. The molecule has 1 aliphatic heterocycles. The molecule has 0 aromatic carbocycles. The maximum absolute atomic E-state index is 11.3. The topological polar surface area (TPSA) is 63.7 Å². The van der Waals surface area contributed by atoms with E-state index >= 15 is 0 Å². The lowest BCUT2D eigenvalue weighted by Crippen LogP contribution is -2.38. The number of morpholine rings is 1. The summed E-state index contributed by atoms with van der Waals surface area (Å²) < 4.78 is 10.2. The monoisotopic (exact) mass is 313 g/mol. The Kier molecular flexibility index (Phi) is 6.91. The molecule has 0 saturated carbocycles. The van der Waals surface area contributed by atoms with E-state index in [1.54, 1.807) is 11.3 Å². The molecule has 0 radical (unpaired) electrons. The standard InChI is InChI=1S/C14H23N3O3S/c1-2-20-13(18)4-3-12-11-21-14(16-12)15-5-6-17-7-9-19-10-8-17/h11H,2-10H2,1H3,(H,15,16). The normalized spacial score (nSPS) is 15.9. The van der Waals surface area contributed by atoms with Crippen molar-refractivity contribution >= 4 is 22.4 Å². The van der Waals surface area contributed by atoms with Gasteiger partial charge in [-0.05, 0) is 6.92 Å². The maximum atomic E-state index is 11.3. The number of esters is 1. The zero-order valence-corrected chi connectivity index (χ0v) is 13.3. The van der Waals surface area contributed by atoms with Crippen LogP contribution in [0.15, 0.2) is 5.38 Å². The SMILES string of the molecule is CCOC(=O)CCc1csc(NCCN2CCOCC2)n1. The van der Waals surface area contributed by atoms with E-state index < -0.39 is 0 Å². The molecule has 1 aromatic rings. The van der Waals surface area contributed by atoms with Crippen molar-refractivity contribution in [3.63, 3.8) is 0 Å². The minimum atomic E-state index is -0.160. The summed E-state index contributed by atoms with van der Waals surface area (Å²) in [5, 5.41) is 6.25. The van der Waals surface area contributed by atoms with Crippen LogP contribution in [0.4, 0.5) is 5.13 Å². The van der Waals surface area contributed by atoms with Gasteiger partial charge in [-0.25, -0.2) is 4.98 Å². The van der Waals surface area contributed by atoms with Gasteiger partial charge in [-0.2, -0.15) is 0 Å². The molecule has 1 aromatic heterocycles. The first kappa shape index (κ1) is 16.2. The molecule has 7 heteroatoms. The average Bonchev–Trinajstić information content (AvgIpc) is 2.95. The van der Waals surface area contributed by atoms with Crippen LogP contribution >= 0.6 is 11.3 Å². The van der Waals surface area contributed by atoms with Crippen LogP contribution in [0, 0.1) is 0 Å². The van der Waals surface area contributed by atoms with Gasteiger partial charge >= 0.3 is 5.97 Å². The minimum Gasteiger partial charge on any atom is -0.466 e. The summed E-state index contributed by atoms with van der Waals surface area (Å²) in [6, 6.07) is 0. The van der Waals surface area contributed by atoms with Gasteiger partial charge in [0.05, 0.1) is 31.9 Å². The number of hydrogen-bond donors (Lipinski definition) is 1. The van der Waals surface area contributed by atoms with Crippen LogP contribution in [0.1, 0.15) is 19.0 Å². The summed E-state index contributed by atoms with van der Waals surface area (Å²) in [6.07, 6.45) is 1.03. The Morgan fingerprint density at radius 3 is 3.10 bits per heavy atom. The van der Waals surface area contributed by atoms with E-state index in [0.717, 1.165) is 50.2 Å². The van der Waals surface area contributed by atoms with Crippen LogP contribution in [0.25, 0.3) is 0 Å². The quantitative estimate of drug-likeness (QED) is 0.732. The molecule has 0 bridgehead atoms. The van der Waals surface area contributed by atoms with Gasteiger partial charge in [0, 0.05) is 38.0 Å². The van der Waals surface area contributed by atoms with Crippen molar-refractivity contribution in [2.24, 2.45) is 0 Å². The smallest absolute Gasteiger partial charge is 0.306 e. The maximum Gasteiger partial charge on any atom is 0.306 e. The lowest BCUT2D eigenvalue weighted by Gasteiger charge is -2.26. The number of carbonyl (C=O) groups is 1. The van der Waals surface area contributed by atoms with Gasteiger partial charge in [0.15, 0.2) is 5.13 Å². The molecular weight excluding hydrogens is 290 g/mol. The number of aromatic nitrogens is 1. The summed E-state index contributed by atoms with van der Waals surface area (Å²) in [7, 11) is 0. The number of thiazole rings is 1. The average molecular weight is 313 g/mol. The number of rotatable bonds is 8. The van der Waals surface area contributed by atoms with Crippen LogP contribution in [-0.4, -0.2) is 61.9 Å². The number of carbonyl (C=O) groups excluding carboxylic acids is 1. The highest BCUT2D eigenvalue weighted by Gasteiger charge is 2.10. The summed E-state index contributed by atoms with van der Waals surface area (Å²) in [6.45, 7) is 7.80. The number of hydrogen-bond acceptors (Lipinski definition) is 7. The minimum absolute atomic E-state index is 0.160. The van der Waals surface area contributed by atoms with Crippen LogP contribution in [-0.2, 0) is 20.7 Å². The van der Waals surface area contributed by atoms with Gasteiger partial charge in [0.25, 0.3) is 0 Å². The summed E-state index contributed by atoms with van der Waals surface area (Å²) in [4.78, 5) is 18.2. The molecule has 0 amide bonds. The van der Waals surface area contributed by atoms with Crippen molar-refractivity contribution in [3.8, 4) is 0 Å². The number of nitrogens with zero attached hydrogens (tertiary/aromatic N) is 2. The van der Waals surface area contributed by atoms with Gasteiger partial charge in [-0.15, -0.1) is 11.3 Å². The molecule has 21 heavy (non-hydrogen) atoms. The van der Waals surface area contributed by atoms with Gasteiger partial charge in [0.1, 0.15) is 0 Å². The third-order valence-electron chi connectivity index (χ3n) is 3.25. The molecule has 118 valence electrons. The van der Waals surface area contributed by atoms with Crippen molar-refractivity contribution in [2.75, 3.05) is 51.3 Å². The lowest BCUT2D eigenvalue weighted by molar-refractivity contribution is -0.143. The summed E-state index contributed by atoms with van der Waals surface area (Å²) in [5.41, 5.74) is 0.946. The van der Waals surface area contributed by atoms with Crippen LogP contribution < -0.4 is 5.32 Å². The Morgan fingerprint density at radius 1 is 1.52 bits per heavy atom. The Balaban J connectivity index is 1.64. The Bertz CT molecular complexity index is 433. The van der Waals surface area contributed by atoms with E-state index in [-0.39, 0.29) is 5.97 Å². The Labute approximate surface area is 129 Å². The van der Waals surface area contributed by atoms with E-state index in [9.17, 15) is 4.79 Å². The molecule has 1 fully saturated rings. The molecule has 1 saturated heterocycles. The first-order valence-electron chi connectivity index (χ1n) is 7.42. The number of nitrogens with one attached hydrogen (secondary N) is 1. The highest BCUT2D eigenvalue weighted by molar-refractivity contribution is 7.13. The molecule has 0 unspecified atom stereocenters. The molecular formula is C14H23N3O3S. The van der Waals surface area contributed by atoms with Crippen molar-refractivity contribution in [3.05, 3.63) is 11.1 Å². The molecule has 1 N–H and O–H groups in total. The van der Waals surface area contributed by atoms with Crippen molar-refractivity contribution in [2.45, 2.75) is 19.8 Å². The van der Waals surface area contributed by atoms with E-state index in [1.165, 1.54) is 0 Å². The van der Waals surface area contributed by atoms with Gasteiger partial charge in [-0.3, -0.25) is 9.69 Å². The fraction of sp³-hybridized carbons (Fsp3) is 0.714. The largest absolute Gasteiger partial charge is 0.466 e. The van der Waals surface area contributed by atoms with E-state index in [4.69, 9.17) is 9.47 Å². The fourth-order valence-electron chi connectivity index (χ4n) is 2.11. The van der Waals surface area contributed by atoms with Crippen molar-refractivity contribution < 1.29 is 14.3 Å². The predicted octanol–water partition coefficient (Wildman–Crippen LogP) is 1.38. The van der Waals surface area contributed by atoms with E-state index in [0.29, 0.717) is 19.4 Å². The number of anilines is 1. The molecule has 2 heterocycles. The first-order chi connectivity index (χ1) is 10.3. The Hall–Kier alpha value is -1.18.